The number of thiophene rings is 2. The van der Waals surface area contributed by atoms with E-state index in [0.717, 1.165) is 48.1 Å². The maximum absolute atomic E-state index is 12.5. The van der Waals surface area contributed by atoms with Crippen molar-refractivity contribution >= 4 is 38.4 Å². The molecule has 6 nitrogen and oxygen atoms in total. The van der Waals surface area contributed by atoms with Gasteiger partial charge in [-0.3, -0.25) is 0 Å². The van der Waals surface area contributed by atoms with Gasteiger partial charge in [-0.25, -0.2) is 13.1 Å². The third kappa shape index (κ3) is 5.37. The van der Waals surface area contributed by atoms with E-state index in [1.807, 2.05) is 35.7 Å². The molecular weight excluding hydrogens is 426 g/mol. The Hall–Kier alpha value is -1.91. The second-order valence-corrected chi connectivity index (χ2v) is 10.7. The lowest BCUT2D eigenvalue weighted by Gasteiger charge is -2.29. The Morgan fingerprint density at radius 2 is 1.97 bits per heavy atom. The highest BCUT2D eigenvalue weighted by Crippen LogP contribution is 2.33. The summed E-state index contributed by atoms with van der Waals surface area (Å²) in [6.45, 7) is 4.24. The molecule has 29 heavy (non-hydrogen) atoms. The standard InChI is InChI=1S/C20H23N3O3S3/c24-29(25,22-9-8-18-5-2-14-27-18)20-7-6-19(28-20)26-17-4-1-3-16(15-17)23-12-10-21-11-13-23/h1-7,14-15,21-22H,8-13H2. The molecule has 0 saturated carbocycles. The SMILES string of the molecule is O=S(=O)(NCCc1cccs1)c1ccc(Oc2cccc(N3CCNCC3)c2)s1. The molecule has 0 spiro atoms. The van der Waals surface area contributed by atoms with Crippen LogP contribution in [0.4, 0.5) is 5.69 Å². The highest BCUT2D eigenvalue weighted by atomic mass is 32.2. The van der Waals surface area contributed by atoms with Crippen LogP contribution in [0.15, 0.2) is 58.1 Å². The molecule has 0 amide bonds. The average Bonchev–Trinajstić information content (AvgIpc) is 3.41. The van der Waals surface area contributed by atoms with Gasteiger partial charge in [0.05, 0.1) is 0 Å². The largest absolute Gasteiger partial charge is 0.447 e. The molecule has 1 fully saturated rings. The summed E-state index contributed by atoms with van der Waals surface area (Å²) >= 11 is 2.76. The highest BCUT2D eigenvalue weighted by Gasteiger charge is 2.18. The Morgan fingerprint density at radius 3 is 2.76 bits per heavy atom. The van der Waals surface area contributed by atoms with E-state index in [1.165, 1.54) is 0 Å². The number of nitrogens with one attached hydrogen (secondary N) is 2. The molecule has 0 unspecified atom stereocenters. The summed E-state index contributed by atoms with van der Waals surface area (Å²) in [5.41, 5.74) is 1.11. The molecule has 3 heterocycles. The molecule has 0 atom stereocenters. The predicted molar refractivity (Wildman–Crippen MR) is 119 cm³/mol. The van der Waals surface area contributed by atoms with Gasteiger partial charge in [0.2, 0.25) is 10.0 Å². The fourth-order valence-electron chi connectivity index (χ4n) is 3.12. The number of benzene rings is 1. The molecule has 0 bridgehead atoms. The summed E-state index contributed by atoms with van der Waals surface area (Å²) in [5, 5.41) is 5.89. The van der Waals surface area contributed by atoms with Crippen LogP contribution in [0.1, 0.15) is 4.88 Å². The summed E-state index contributed by atoms with van der Waals surface area (Å²) in [7, 11) is -3.53. The van der Waals surface area contributed by atoms with Gasteiger partial charge in [-0.1, -0.05) is 23.5 Å². The van der Waals surface area contributed by atoms with Crippen molar-refractivity contribution in [2.45, 2.75) is 10.6 Å². The van der Waals surface area contributed by atoms with Gasteiger partial charge in [-0.15, -0.1) is 11.3 Å². The molecule has 0 aliphatic carbocycles. The zero-order chi connectivity index (χ0) is 20.1. The third-order valence-electron chi connectivity index (χ3n) is 4.58. The van der Waals surface area contributed by atoms with E-state index in [-0.39, 0.29) is 4.21 Å². The molecule has 1 aliphatic heterocycles. The highest BCUT2D eigenvalue weighted by molar-refractivity contribution is 7.91. The van der Waals surface area contributed by atoms with E-state index < -0.39 is 10.0 Å². The molecule has 3 aromatic rings. The zero-order valence-electron chi connectivity index (χ0n) is 15.8. The summed E-state index contributed by atoms with van der Waals surface area (Å²) < 4.78 is 33.9. The van der Waals surface area contributed by atoms with Gasteiger partial charge in [0, 0.05) is 49.4 Å². The number of hydrogen-bond acceptors (Lipinski definition) is 7. The van der Waals surface area contributed by atoms with Gasteiger partial charge in [-0.2, -0.15) is 0 Å². The van der Waals surface area contributed by atoms with E-state index in [1.54, 1.807) is 23.5 Å². The van der Waals surface area contributed by atoms with Crippen LogP contribution < -0.4 is 19.7 Å². The Morgan fingerprint density at radius 1 is 1.10 bits per heavy atom. The van der Waals surface area contributed by atoms with Gasteiger partial charge in [0.25, 0.3) is 0 Å². The minimum Gasteiger partial charge on any atom is -0.447 e. The van der Waals surface area contributed by atoms with Crippen molar-refractivity contribution in [1.82, 2.24) is 10.0 Å². The second-order valence-electron chi connectivity index (χ2n) is 6.64. The van der Waals surface area contributed by atoms with Crippen LogP contribution in [0.5, 0.6) is 10.8 Å². The summed E-state index contributed by atoms with van der Waals surface area (Å²) in [6.07, 6.45) is 0.685. The molecule has 4 rings (SSSR count). The predicted octanol–water partition coefficient (Wildman–Crippen LogP) is 3.53. The first kappa shape index (κ1) is 20.4. The van der Waals surface area contributed by atoms with Gasteiger partial charge in [-0.05, 0) is 42.1 Å². The Bertz CT molecular complexity index is 1030. The number of rotatable bonds is 8. The number of nitrogens with zero attached hydrogens (tertiary/aromatic N) is 1. The molecule has 1 aromatic carbocycles. The molecule has 1 saturated heterocycles. The van der Waals surface area contributed by atoms with Crippen molar-refractivity contribution in [3.8, 4) is 10.8 Å². The van der Waals surface area contributed by atoms with Gasteiger partial charge >= 0.3 is 0 Å². The second kappa shape index (κ2) is 9.27. The number of ether oxygens (including phenoxy) is 1. The Labute approximate surface area is 179 Å². The molecular formula is C20H23N3O3S3. The minimum absolute atomic E-state index is 0.261. The molecule has 0 radical (unpaired) electrons. The smallest absolute Gasteiger partial charge is 0.250 e. The van der Waals surface area contributed by atoms with Crippen LogP contribution in [0.3, 0.4) is 0 Å². The van der Waals surface area contributed by atoms with E-state index in [2.05, 4.69) is 21.0 Å². The van der Waals surface area contributed by atoms with Crippen molar-refractivity contribution in [2.75, 3.05) is 37.6 Å². The van der Waals surface area contributed by atoms with E-state index in [0.29, 0.717) is 23.8 Å². The Kier molecular flexibility index (Phi) is 6.51. The maximum Gasteiger partial charge on any atom is 0.250 e. The van der Waals surface area contributed by atoms with Crippen LogP contribution in [-0.2, 0) is 16.4 Å². The number of anilines is 1. The molecule has 2 aromatic heterocycles. The minimum atomic E-state index is -3.53. The first-order valence-corrected chi connectivity index (χ1v) is 12.6. The van der Waals surface area contributed by atoms with Crippen LogP contribution in [0, 0.1) is 0 Å². The zero-order valence-corrected chi connectivity index (χ0v) is 18.3. The van der Waals surface area contributed by atoms with Crippen LogP contribution in [0.2, 0.25) is 0 Å². The normalized spacial score (nSPS) is 14.8. The monoisotopic (exact) mass is 449 g/mol. The lowest BCUT2D eigenvalue weighted by molar-refractivity contribution is 0.496. The molecule has 154 valence electrons. The quantitative estimate of drug-likeness (QED) is 0.551. The van der Waals surface area contributed by atoms with E-state index >= 15 is 0 Å². The molecule has 9 heteroatoms. The van der Waals surface area contributed by atoms with Gasteiger partial charge in [0.15, 0.2) is 5.06 Å². The van der Waals surface area contributed by atoms with Crippen LogP contribution in [0.25, 0.3) is 0 Å². The summed E-state index contributed by atoms with van der Waals surface area (Å²) in [4.78, 5) is 3.47. The lowest BCUT2D eigenvalue weighted by Crippen LogP contribution is -2.43. The number of piperazine rings is 1. The number of sulfonamides is 1. The topological polar surface area (TPSA) is 70.7 Å². The summed E-state index contributed by atoms with van der Waals surface area (Å²) in [5.74, 6) is 0.706. The van der Waals surface area contributed by atoms with Crippen LogP contribution in [-0.4, -0.2) is 41.1 Å². The Balaban J connectivity index is 1.38. The third-order valence-corrected chi connectivity index (χ3v) is 8.44. The summed E-state index contributed by atoms with van der Waals surface area (Å²) in [6, 6.07) is 15.2. The van der Waals surface area contributed by atoms with Gasteiger partial charge < -0.3 is 15.0 Å². The van der Waals surface area contributed by atoms with Crippen molar-refractivity contribution < 1.29 is 13.2 Å². The lowest BCUT2D eigenvalue weighted by atomic mass is 10.2. The van der Waals surface area contributed by atoms with E-state index in [4.69, 9.17) is 4.74 Å². The van der Waals surface area contributed by atoms with E-state index in [9.17, 15) is 8.42 Å². The van der Waals surface area contributed by atoms with Crippen molar-refractivity contribution in [3.63, 3.8) is 0 Å². The van der Waals surface area contributed by atoms with Crippen molar-refractivity contribution in [3.05, 3.63) is 58.8 Å². The molecule has 1 aliphatic rings. The first-order valence-electron chi connectivity index (χ1n) is 9.46. The van der Waals surface area contributed by atoms with Crippen LogP contribution >= 0.6 is 22.7 Å². The maximum atomic E-state index is 12.5. The molecule has 2 N–H and O–H groups in total. The fraction of sp³-hybridized carbons (Fsp3) is 0.300. The average molecular weight is 450 g/mol. The van der Waals surface area contributed by atoms with Crippen molar-refractivity contribution in [2.24, 2.45) is 0 Å². The van der Waals surface area contributed by atoms with Gasteiger partial charge in [0.1, 0.15) is 9.96 Å². The fourth-order valence-corrected chi connectivity index (χ4v) is 6.06. The number of hydrogen-bond donors (Lipinski definition) is 2. The van der Waals surface area contributed by atoms with Crippen molar-refractivity contribution in [1.29, 1.82) is 0 Å². The first-order chi connectivity index (χ1) is 14.1.